The molecule has 0 aliphatic heterocycles. The number of thiocarbonyl (C=S) groups is 1. The fraction of sp³-hybridized carbons (Fsp3) is 0.909. The Morgan fingerprint density at radius 2 is 1.36 bits per heavy atom. The zero-order valence-corrected chi connectivity index (χ0v) is 11.8. The Bertz CT molecular complexity index is 141. The monoisotopic (exact) mass is 250 g/mol. The number of hydrogen-bond donors (Lipinski definition) is 2. The van der Waals surface area contributed by atoms with Crippen molar-refractivity contribution in [2.75, 3.05) is 0 Å². The van der Waals surface area contributed by atoms with Gasteiger partial charge in [-0.15, -0.1) is 0 Å². The Morgan fingerprint density at radius 3 is 1.64 bits per heavy atom. The molecule has 0 bridgehead atoms. The summed E-state index contributed by atoms with van der Waals surface area (Å²) >= 11 is 14.4. The van der Waals surface area contributed by atoms with Gasteiger partial charge >= 0.3 is 0 Å². The van der Waals surface area contributed by atoms with Gasteiger partial charge in [-0.25, -0.2) is 0 Å². The van der Waals surface area contributed by atoms with Crippen LogP contribution >= 0.6 is 37.5 Å². The standard InChI is InChI=1S/C11H22S3/c1-3-5-9(12)7-11(14)8-10(13)6-4-2/h9-10,12-13H,3-8H2,1-2H3. The van der Waals surface area contributed by atoms with Crippen LogP contribution in [-0.4, -0.2) is 15.4 Å². The van der Waals surface area contributed by atoms with Crippen LogP contribution in [0.5, 0.6) is 0 Å². The molecule has 0 nitrogen and oxygen atoms in total. The molecular formula is C11H22S3. The lowest BCUT2D eigenvalue weighted by Gasteiger charge is -2.13. The summed E-state index contributed by atoms with van der Waals surface area (Å²) in [6.45, 7) is 4.37. The Balaban J connectivity index is 3.63. The number of thiol groups is 2. The van der Waals surface area contributed by atoms with Crippen molar-refractivity contribution in [2.45, 2.75) is 62.9 Å². The second-order valence-corrected chi connectivity index (χ2v) is 5.87. The van der Waals surface area contributed by atoms with Crippen molar-refractivity contribution in [1.82, 2.24) is 0 Å². The SMILES string of the molecule is CCCC(S)CC(=S)CC(S)CCC. The van der Waals surface area contributed by atoms with Crippen molar-refractivity contribution in [2.24, 2.45) is 0 Å². The molecule has 0 aliphatic carbocycles. The van der Waals surface area contributed by atoms with Crippen LogP contribution in [0.4, 0.5) is 0 Å². The molecule has 0 spiro atoms. The van der Waals surface area contributed by atoms with E-state index >= 15 is 0 Å². The van der Waals surface area contributed by atoms with Crippen LogP contribution in [0, 0.1) is 0 Å². The molecule has 0 fully saturated rings. The third kappa shape index (κ3) is 8.13. The van der Waals surface area contributed by atoms with Gasteiger partial charge in [-0.3, -0.25) is 0 Å². The lowest BCUT2D eigenvalue weighted by molar-refractivity contribution is 0.738. The largest absolute Gasteiger partial charge is 0.176 e. The highest BCUT2D eigenvalue weighted by Gasteiger charge is 2.09. The number of hydrogen-bond acceptors (Lipinski definition) is 3. The lowest BCUT2D eigenvalue weighted by Crippen LogP contribution is -2.11. The van der Waals surface area contributed by atoms with Crippen LogP contribution in [0.15, 0.2) is 0 Å². The van der Waals surface area contributed by atoms with E-state index in [1.807, 2.05) is 0 Å². The van der Waals surface area contributed by atoms with Crippen LogP contribution in [0.2, 0.25) is 0 Å². The van der Waals surface area contributed by atoms with Crippen LogP contribution in [0.3, 0.4) is 0 Å². The van der Waals surface area contributed by atoms with Gasteiger partial charge < -0.3 is 0 Å². The third-order valence-electron chi connectivity index (χ3n) is 2.17. The van der Waals surface area contributed by atoms with Crippen molar-refractivity contribution in [3.63, 3.8) is 0 Å². The Kier molecular flexibility index (Phi) is 9.56. The van der Waals surface area contributed by atoms with E-state index in [1.54, 1.807) is 0 Å². The Morgan fingerprint density at radius 1 is 1.00 bits per heavy atom. The minimum absolute atomic E-state index is 0.453. The van der Waals surface area contributed by atoms with Crippen molar-refractivity contribution in [1.29, 1.82) is 0 Å². The average molecular weight is 250 g/mol. The molecule has 0 aliphatic rings. The van der Waals surface area contributed by atoms with Crippen molar-refractivity contribution < 1.29 is 0 Å². The molecule has 84 valence electrons. The van der Waals surface area contributed by atoms with Gasteiger partial charge in [0.2, 0.25) is 0 Å². The van der Waals surface area contributed by atoms with Crippen LogP contribution in [0.1, 0.15) is 52.4 Å². The highest BCUT2D eigenvalue weighted by molar-refractivity contribution is 7.82. The summed E-state index contributed by atoms with van der Waals surface area (Å²) in [5.74, 6) is 0. The van der Waals surface area contributed by atoms with E-state index in [0.717, 1.165) is 30.5 Å². The molecule has 0 rings (SSSR count). The molecule has 0 saturated carbocycles. The van der Waals surface area contributed by atoms with Crippen molar-refractivity contribution in [3.8, 4) is 0 Å². The highest BCUT2D eigenvalue weighted by Crippen LogP contribution is 2.16. The maximum Gasteiger partial charge on any atom is 0.00620 e. The lowest BCUT2D eigenvalue weighted by atomic mass is 10.1. The van der Waals surface area contributed by atoms with Gasteiger partial charge in [-0.2, -0.15) is 25.3 Å². The van der Waals surface area contributed by atoms with Gasteiger partial charge in [0.15, 0.2) is 0 Å². The number of rotatable bonds is 8. The first-order chi connectivity index (χ1) is 6.60. The molecule has 0 heterocycles. The quantitative estimate of drug-likeness (QED) is 0.477. The maximum absolute atomic E-state index is 5.34. The summed E-state index contributed by atoms with van der Waals surface area (Å²) in [4.78, 5) is 1.15. The second-order valence-electron chi connectivity index (χ2n) is 3.83. The van der Waals surface area contributed by atoms with Crippen molar-refractivity contribution >= 4 is 42.3 Å². The zero-order valence-electron chi connectivity index (χ0n) is 9.20. The molecule has 0 N–H and O–H groups in total. The second kappa shape index (κ2) is 9.05. The van der Waals surface area contributed by atoms with Gasteiger partial charge in [0.25, 0.3) is 0 Å². The summed E-state index contributed by atoms with van der Waals surface area (Å²) in [6.07, 6.45) is 6.66. The summed E-state index contributed by atoms with van der Waals surface area (Å²) in [5, 5.41) is 0.907. The first kappa shape index (κ1) is 14.8. The minimum atomic E-state index is 0.453. The third-order valence-corrected chi connectivity index (χ3v) is 3.39. The summed E-state index contributed by atoms with van der Waals surface area (Å²) in [6, 6.07) is 0. The Hall–Kier alpha value is 0.790. The first-order valence-corrected chi connectivity index (χ1v) is 6.92. The molecule has 3 heteroatoms. The van der Waals surface area contributed by atoms with E-state index in [9.17, 15) is 0 Å². The molecular weight excluding hydrogens is 228 g/mol. The van der Waals surface area contributed by atoms with Crippen LogP contribution < -0.4 is 0 Å². The summed E-state index contributed by atoms with van der Waals surface area (Å²) in [7, 11) is 0. The predicted molar refractivity (Wildman–Crippen MR) is 77.2 cm³/mol. The first-order valence-electron chi connectivity index (χ1n) is 5.47. The topological polar surface area (TPSA) is 0 Å². The molecule has 2 atom stereocenters. The summed E-state index contributed by atoms with van der Waals surface area (Å²) in [5.41, 5.74) is 0. The minimum Gasteiger partial charge on any atom is -0.176 e. The summed E-state index contributed by atoms with van der Waals surface area (Å²) < 4.78 is 0. The fourth-order valence-corrected chi connectivity index (χ4v) is 3.09. The van der Waals surface area contributed by atoms with E-state index in [-0.39, 0.29) is 0 Å². The zero-order chi connectivity index (χ0) is 11.0. The van der Waals surface area contributed by atoms with Gasteiger partial charge in [-0.05, 0) is 30.5 Å². The molecule has 0 saturated heterocycles. The predicted octanol–water partition coefficient (Wildman–Crippen LogP) is 4.33. The van der Waals surface area contributed by atoms with Crippen LogP contribution in [-0.2, 0) is 0 Å². The molecule has 0 aromatic rings. The van der Waals surface area contributed by atoms with Crippen LogP contribution in [0.25, 0.3) is 0 Å². The van der Waals surface area contributed by atoms with E-state index < -0.39 is 0 Å². The fourth-order valence-electron chi connectivity index (χ4n) is 1.48. The van der Waals surface area contributed by atoms with E-state index in [1.165, 1.54) is 12.8 Å². The van der Waals surface area contributed by atoms with E-state index in [4.69, 9.17) is 12.2 Å². The van der Waals surface area contributed by atoms with Gasteiger partial charge in [0, 0.05) is 10.5 Å². The van der Waals surface area contributed by atoms with E-state index in [0.29, 0.717) is 10.5 Å². The van der Waals surface area contributed by atoms with Gasteiger partial charge in [-0.1, -0.05) is 38.9 Å². The maximum atomic E-state index is 5.34. The normalized spacial score (nSPS) is 15.1. The highest BCUT2D eigenvalue weighted by atomic mass is 32.1. The molecule has 2 unspecified atom stereocenters. The van der Waals surface area contributed by atoms with E-state index in [2.05, 4.69) is 39.1 Å². The molecule has 14 heavy (non-hydrogen) atoms. The Labute approximate surface area is 105 Å². The van der Waals surface area contributed by atoms with Gasteiger partial charge in [0.1, 0.15) is 0 Å². The molecule has 0 aromatic heterocycles. The smallest absolute Gasteiger partial charge is 0.00620 e. The van der Waals surface area contributed by atoms with Crippen molar-refractivity contribution in [3.05, 3.63) is 0 Å². The molecule has 0 aromatic carbocycles. The molecule has 0 amide bonds. The average Bonchev–Trinajstić information content (AvgIpc) is 2.03. The molecule has 0 radical (unpaired) electrons. The van der Waals surface area contributed by atoms with Gasteiger partial charge in [0.05, 0.1) is 0 Å².